The second-order valence-electron chi connectivity index (χ2n) is 2.60. The van der Waals surface area contributed by atoms with Gasteiger partial charge in [0.2, 0.25) is 0 Å². The lowest BCUT2D eigenvalue weighted by Crippen LogP contribution is -2.28. The van der Waals surface area contributed by atoms with Gasteiger partial charge in [-0.05, 0) is 13.3 Å². The maximum Gasteiger partial charge on any atom is 0.297 e. The Morgan fingerprint density at radius 2 is 2.09 bits per heavy atom. The van der Waals surface area contributed by atoms with E-state index < -0.39 is 9.24 Å². The summed E-state index contributed by atoms with van der Waals surface area (Å²) in [7, 11) is 1.44. The lowest BCUT2D eigenvalue weighted by atomic mass is 10.2. The Kier molecular flexibility index (Phi) is 5.04. The van der Waals surface area contributed by atoms with Crippen LogP contribution < -0.4 is 4.72 Å². The summed E-state index contributed by atoms with van der Waals surface area (Å²) in [6, 6.07) is -0.0579. The molecule has 0 heterocycles. The molecule has 0 aromatic rings. The van der Waals surface area contributed by atoms with Gasteiger partial charge in [-0.2, -0.15) is 13.1 Å². The van der Waals surface area contributed by atoms with Crippen LogP contribution in [0.3, 0.4) is 0 Å². The SMILES string of the molecule is CCCCC(C)NS(=O)(=O)Cl. The summed E-state index contributed by atoms with van der Waals surface area (Å²) in [5.41, 5.74) is 0. The standard InChI is InChI=1S/C6H14ClNO2S/c1-3-4-5-6(2)8-11(7,9)10/h6,8H,3-5H2,1-2H3. The Bertz CT molecular complexity index is 191. The van der Waals surface area contributed by atoms with E-state index in [1.165, 1.54) is 0 Å². The maximum atomic E-state index is 10.5. The number of hydrogen-bond acceptors (Lipinski definition) is 2. The quantitative estimate of drug-likeness (QED) is 0.685. The van der Waals surface area contributed by atoms with Gasteiger partial charge in [0.1, 0.15) is 0 Å². The largest absolute Gasteiger partial charge is 0.297 e. The summed E-state index contributed by atoms with van der Waals surface area (Å²) in [6.07, 6.45) is 2.91. The molecule has 0 amide bonds. The molecule has 0 aliphatic rings. The molecular weight excluding hydrogens is 186 g/mol. The molecule has 68 valence electrons. The van der Waals surface area contributed by atoms with Gasteiger partial charge in [0, 0.05) is 16.7 Å². The summed E-state index contributed by atoms with van der Waals surface area (Å²) < 4.78 is 23.2. The molecule has 0 rings (SSSR count). The fraction of sp³-hybridized carbons (Fsp3) is 1.00. The van der Waals surface area contributed by atoms with Gasteiger partial charge in [-0.25, -0.2) is 0 Å². The van der Waals surface area contributed by atoms with Crippen molar-refractivity contribution in [3.63, 3.8) is 0 Å². The molecule has 11 heavy (non-hydrogen) atoms. The highest BCUT2D eigenvalue weighted by Crippen LogP contribution is 2.02. The van der Waals surface area contributed by atoms with Gasteiger partial charge in [0.05, 0.1) is 0 Å². The number of rotatable bonds is 5. The molecule has 0 radical (unpaired) electrons. The van der Waals surface area contributed by atoms with Crippen LogP contribution in [0.4, 0.5) is 0 Å². The lowest BCUT2D eigenvalue weighted by molar-refractivity contribution is 0.544. The summed E-state index contributed by atoms with van der Waals surface area (Å²) >= 11 is 0. The fourth-order valence-corrected chi connectivity index (χ4v) is 1.86. The highest BCUT2D eigenvalue weighted by molar-refractivity contribution is 8.12. The van der Waals surface area contributed by atoms with E-state index in [1.807, 2.05) is 0 Å². The van der Waals surface area contributed by atoms with Crippen molar-refractivity contribution < 1.29 is 8.42 Å². The van der Waals surface area contributed by atoms with Crippen molar-refractivity contribution in [3.8, 4) is 0 Å². The minimum absolute atomic E-state index is 0.0579. The Morgan fingerprint density at radius 1 is 1.55 bits per heavy atom. The molecule has 0 saturated carbocycles. The molecule has 0 spiro atoms. The van der Waals surface area contributed by atoms with Crippen molar-refractivity contribution in [2.24, 2.45) is 0 Å². The van der Waals surface area contributed by atoms with E-state index in [0.29, 0.717) is 0 Å². The van der Waals surface area contributed by atoms with Crippen LogP contribution in [-0.2, 0) is 9.24 Å². The summed E-state index contributed by atoms with van der Waals surface area (Å²) in [5, 5.41) is 0. The minimum atomic E-state index is -3.53. The number of hydrogen-bond donors (Lipinski definition) is 1. The average molecular weight is 200 g/mol. The zero-order valence-corrected chi connectivity index (χ0v) is 8.37. The fourth-order valence-electron chi connectivity index (χ4n) is 0.810. The highest BCUT2D eigenvalue weighted by Gasteiger charge is 2.08. The molecule has 1 atom stereocenters. The Balaban J connectivity index is 3.61. The van der Waals surface area contributed by atoms with E-state index in [-0.39, 0.29) is 6.04 Å². The second-order valence-corrected chi connectivity index (χ2v) is 4.93. The zero-order valence-electron chi connectivity index (χ0n) is 6.80. The second kappa shape index (κ2) is 4.95. The third kappa shape index (κ3) is 8.10. The van der Waals surface area contributed by atoms with Crippen molar-refractivity contribution in [3.05, 3.63) is 0 Å². The monoisotopic (exact) mass is 199 g/mol. The van der Waals surface area contributed by atoms with Gasteiger partial charge in [-0.15, -0.1) is 0 Å². The van der Waals surface area contributed by atoms with Gasteiger partial charge >= 0.3 is 0 Å². The molecule has 1 unspecified atom stereocenters. The molecule has 0 aliphatic carbocycles. The van der Waals surface area contributed by atoms with Gasteiger partial charge < -0.3 is 0 Å². The van der Waals surface area contributed by atoms with Crippen LogP contribution in [0, 0.1) is 0 Å². The third-order valence-electron chi connectivity index (χ3n) is 1.33. The molecule has 0 aliphatic heterocycles. The molecule has 1 N–H and O–H groups in total. The normalized spacial score (nSPS) is 14.8. The van der Waals surface area contributed by atoms with Gasteiger partial charge in [-0.3, -0.25) is 0 Å². The van der Waals surface area contributed by atoms with E-state index in [4.69, 9.17) is 10.7 Å². The maximum absolute atomic E-state index is 10.5. The Hall–Kier alpha value is 0.200. The van der Waals surface area contributed by atoms with Crippen LogP contribution in [-0.4, -0.2) is 14.5 Å². The molecule has 0 aromatic carbocycles. The minimum Gasteiger partial charge on any atom is -0.199 e. The van der Waals surface area contributed by atoms with Crippen molar-refractivity contribution >= 4 is 19.9 Å². The van der Waals surface area contributed by atoms with Crippen molar-refractivity contribution in [1.82, 2.24) is 4.72 Å². The molecule has 5 heteroatoms. The Morgan fingerprint density at radius 3 is 2.45 bits per heavy atom. The van der Waals surface area contributed by atoms with Crippen LogP contribution in [0.5, 0.6) is 0 Å². The lowest BCUT2D eigenvalue weighted by Gasteiger charge is -2.08. The topological polar surface area (TPSA) is 46.2 Å². The summed E-state index contributed by atoms with van der Waals surface area (Å²) in [6.45, 7) is 3.86. The van der Waals surface area contributed by atoms with Crippen LogP contribution >= 0.6 is 10.7 Å². The predicted octanol–water partition coefficient (Wildman–Crippen LogP) is 1.64. The smallest absolute Gasteiger partial charge is 0.199 e. The number of nitrogens with one attached hydrogen (secondary N) is 1. The summed E-state index contributed by atoms with van der Waals surface area (Å²) in [5.74, 6) is 0. The van der Waals surface area contributed by atoms with E-state index in [1.54, 1.807) is 6.92 Å². The molecular formula is C6H14ClNO2S. The van der Waals surface area contributed by atoms with E-state index >= 15 is 0 Å². The average Bonchev–Trinajstić information content (AvgIpc) is 1.79. The van der Waals surface area contributed by atoms with Crippen LogP contribution in [0.2, 0.25) is 0 Å². The zero-order chi connectivity index (χ0) is 8.91. The first kappa shape index (κ1) is 11.2. The van der Waals surface area contributed by atoms with E-state index in [9.17, 15) is 8.42 Å². The molecule has 0 saturated heterocycles. The van der Waals surface area contributed by atoms with Crippen LogP contribution in [0.15, 0.2) is 0 Å². The van der Waals surface area contributed by atoms with Gasteiger partial charge in [0.15, 0.2) is 0 Å². The summed E-state index contributed by atoms with van der Waals surface area (Å²) in [4.78, 5) is 0. The van der Waals surface area contributed by atoms with E-state index in [0.717, 1.165) is 19.3 Å². The van der Waals surface area contributed by atoms with Crippen LogP contribution in [0.25, 0.3) is 0 Å². The predicted molar refractivity (Wildman–Crippen MR) is 46.9 cm³/mol. The molecule has 0 bridgehead atoms. The van der Waals surface area contributed by atoms with Crippen LogP contribution in [0.1, 0.15) is 33.1 Å². The Labute approximate surface area is 72.7 Å². The first-order valence-electron chi connectivity index (χ1n) is 3.67. The van der Waals surface area contributed by atoms with Gasteiger partial charge in [-0.1, -0.05) is 19.8 Å². The number of halogens is 1. The first-order valence-corrected chi connectivity index (χ1v) is 5.98. The van der Waals surface area contributed by atoms with E-state index in [2.05, 4.69) is 11.6 Å². The van der Waals surface area contributed by atoms with Crippen molar-refractivity contribution in [2.45, 2.75) is 39.2 Å². The highest BCUT2D eigenvalue weighted by atomic mass is 35.7. The first-order chi connectivity index (χ1) is 4.95. The molecule has 0 fully saturated rings. The van der Waals surface area contributed by atoms with Gasteiger partial charge in [0.25, 0.3) is 9.24 Å². The van der Waals surface area contributed by atoms with Crippen molar-refractivity contribution in [2.75, 3.05) is 0 Å². The molecule has 0 aromatic heterocycles. The number of unbranched alkanes of at least 4 members (excludes halogenated alkanes) is 1. The van der Waals surface area contributed by atoms with Crippen molar-refractivity contribution in [1.29, 1.82) is 0 Å². The third-order valence-corrected chi connectivity index (χ3v) is 2.28. The molecule has 3 nitrogen and oxygen atoms in total.